The number of ether oxygens (including phenoxy) is 1. The lowest BCUT2D eigenvalue weighted by Crippen LogP contribution is -2.44. The summed E-state index contributed by atoms with van der Waals surface area (Å²) in [6, 6.07) is 3.40. The summed E-state index contributed by atoms with van der Waals surface area (Å²) in [4.78, 5) is 15.3. The number of nitro groups is 1. The Bertz CT molecular complexity index is 497. The predicted octanol–water partition coefficient (Wildman–Crippen LogP) is 1.92. The van der Waals surface area contributed by atoms with Crippen LogP contribution in [-0.2, 0) is 6.42 Å². The second-order valence-corrected chi connectivity index (χ2v) is 5.02. The Morgan fingerprint density at radius 1 is 1.30 bits per heavy atom. The van der Waals surface area contributed by atoms with E-state index in [4.69, 9.17) is 4.74 Å². The van der Waals surface area contributed by atoms with Crippen molar-refractivity contribution in [1.82, 2.24) is 4.90 Å². The monoisotopic (exact) mass is 279 g/mol. The van der Waals surface area contributed by atoms with Crippen molar-refractivity contribution in [2.24, 2.45) is 0 Å². The molecule has 1 fully saturated rings. The van der Waals surface area contributed by atoms with Crippen molar-refractivity contribution in [3.05, 3.63) is 27.8 Å². The maximum atomic E-state index is 11.1. The fraction of sp³-hybridized carbons (Fsp3) is 0.571. The van der Waals surface area contributed by atoms with E-state index in [-0.39, 0.29) is 10.6 Å². The third kappa shape index (κ3) is 2.70. The molecule has 0 aliphatic carbocycles. The van der Waals surface area contributed by atoms with Gasteiger partial charge in [0.25, 0.3) is 0 Å². The van der Waals surface area contributed by atoms with Gasteiger partial charge in [-0.25, -0.2) is 0 Å². The van der Waals surface area contributed by atoms with Crippen LogP contribution >= 0.6 is 0 Å². The third-order valence-electron chi connectivity index (χ3n) is 3.81. The molecule has 1 aromatic rings. The third-order valence-corrected chi connectivity index (χ3v) is 3.81. The van der Waals surface area contributed by atoms with Crippen LogP contribution in [0.5, 0.6) is 5.75 Å². The van der Waals surface area contributed by atoms with E-state index in [2.05, 4.69) is 16.8 Å². The molecule has 0 N–H and O–H groups in total. The Kier molecular flexibility index (Phi) is 4.44. The minimum atomic E-state index is -0.383. The molecule has 1 heterocycles. The Labute approximate surface area is 119 Å². The summed E-state index contributed by atoms with van der Waals surface area (Å²) in [6.45, 7) is 5.88. The molecule has 0 atom stereocenters. The van der Waals surface area contributed by atoms with E-state index in [1.807, 2.05) is 13.0 Å². The summed E-state index contributed by atoms with van der Waals surface area (Å²) >= 11 is 0. The molecular formula is C14H21N3O3. The molecular weight excluding hydrogens is 258 g/mol. The Hall–Kier alpha value is -1.82. The molecule has 110 valence electrons. The van der Waals surface area contributed by atoms with Crippen molar-refractivity contribution in [2.45, 2.75) is 13.3 Å². The van der Waals surface area contributed by atoms with Crippen molar-refractivity contribution in [3.63, 3.8) is 0 Å². The lowest BCUT2D eigenvalue weighted by Gasteiger charge is -2.35. The maximum absolute atomic E-state index is 11.1. The summed E-state index contributed by atoms with van der Waals surface area (Å²) in [5.41, 5.74) is 2.02. The predicted molar refractivity (Wildman–Crippen MR) is 78.7 cm³/mol. The van der Waals surface area contributed by atoms with Crippen molar-refractivity contribution in [1.29, 1.82) is 0 Å². The molecule has 1 aromatic carbocycles. The van der Waals surface area contributed by atoms with E-state index < -0.39 is 0 Å². The largest absolute Gasteiger partial charge is 0.490 e. The van der Waals surface area contributed by atoms with Gasteiger partial charge in [-0.05, 0) is 19.5 Å². The molecule has 1 saturated heterocycles. The lowest BCUT2D eigenvalue weighted by molar-refractivity contribution is -0.385. The van der Waals surface area contributed by atoms with Gasteiger partial charge in [-0.15, -0.1) is 0 Å². The minimum Gasteiger partial charge on any atom is -0.490 e. The quantitative estimate of drug-likeness (QED) is 0.622. The van der Waals surface area contributed by atoms with Crippen molar-refractivity contribution >= 4 is 11.4 Å². The van der Waals surface area contributed by atoms with Crippen LogP contribution in [0.3, 0.4) is 0 Å². The van der Waals surface area contributed by atoms with Crippen molar-refractivity contribution in [3.8, 4) is 5.75 Å². The first-order chi connectivity index (χ1) is 9.58. The van der Waals surface area contributed by atoms with Gasteiger partial charge in [0.1, 0.15) is 0 Å². The smallest absolute Gasteiger partial charge is 0.311 e. The molecule has 0 spiro atoms. The number of hydrogen-bond acceptors (Lipinski definition) is 5. The molecule has 0 saturated carbocycles. The summed E-state index contributed by atoms with van der Waals surface area (Å²) in [5.74, 6) is 0.397. The highest BCUT2D eigenvalue weighted by Crippen LogP contribution is 2.38. The summed E-state index contributed by atoms with van der Waals surface area (Å²) < 4.78 is 5.30. The average Bonchev–Trinajstić information content (AvgIpc) is 2.46. The van der Waals surface area contributed by atoms with Crippen LogP contribution in [0.1, 0.15) is 12.5 Å². The minimum absolute atomic E-state index is 0.0437. The van der Waals surface area contributed by atoms with E-state index in [9.17, 15) is 10.1 Å². The average molecular weight is 279 g/mol. The van der Waals surface area contributed by atoms with Gasteiger partial charge in [0, 0.05) is 43.5 Å². The molecule has 6 heteroatoms. The molecule has 1 aliphatic rings. The number of rotatable bonds is 4. The number of likely N-dealkylation sites (N-methyl/N-ethyl adjacent to an activating group) is 1. The Morgan fingerprint density at radius 2 is 1.95 bits per heavy atom. The first-order valence-corrected chi connectivity index (χ1v) is 6.86. The Morgan fingerprint density at radius 3 is 2.45 bits per heavy atom. The van der Waals surface area contributed by atoms with Crippen LogP contribution < -0.4 is 9.64 Å². The van der Waals surface area contributed by atoms with Crippen LogP contribution in [-0.4, -0.2) is 50.2 Å². The fourth-order valence-electron chi connectivity index (χ4n) is 2.66. The molecule has 0 aromatic heterocycles. The zero-order chi connectivity index (χ0) is 14.7. The number of methoxy groups -OCH3 is 1. The fourth-order valence-corrected chi connectivity index (χ4v) is 2.66. The molecule has 0 unspecified atom stereocenters. The topological polar surface area (TPSA) is 58.9 Å². The van der Waals surface area contributed by atoms with E-state index in [0.29, 0.717) is 12.2 Å². The number of piperazine rings is 1. The SMILES string of the molecule is CCc1c(N2CCN(C)CC2)ccc([N+](=O)[O-])c1OC. The maximum Gasteiger partial charge on any atom is 0.311 e. The van der Waals surface area contributed by atoms with Crippen LogP contribution in [0.4, 0.5) is 11.4 Å². The zero-order valence-corrected chi connectivity index (χ0v) is 12.3. The molecule has 20 heavy (non-hydrogen) atoms. The molecule has 6 nitrogen and oxygen atoms in total. The van der Waals surface area contributed by atoms with E-state index in [1.165, 1.54) is 7.11 Å². The van der Waals surface area contributed by atoms with Crippen LogP contribution in [0.2, 0.25) is 0 Å². The van der Waals surface area contributed by atoms with Gasteiger partial charge in [0.2, 0.25) is 5.75 Å². The molecule has 0 radical (unpaired) electrons. The molecule has 1 aliphatic heterocycles. The molecule has 0 bridgehead atoms. The second kappa shape index (κ2) is 6.09. The number of benzene rings is 1. The van der Waals surface area contributed by atoms with Crippen LogP contribution in [0.15, 0.2) is 12.1 Å². The highest BCUT2D eigenvalue weighted by molar-refractivity contribution is 5.66. The van der Waals surface area contributed by atoms with E-state index in [1.54, 1.807) is 6.07 Å². The normalized spacial score (nSPS) is 16.2. The zero-order valence-electron chi connectivity index (χ0n) is 12.3. The number of nitrogens with zero attached hydrogens (tertiary/aromatic N) is 3. The van der Waals surface area contributed by atoms with Crippen LogP contribution in [0.25, 0.3) is 0 Å². The first-order valence-electron chi connectivity index (χ1n) is 6.86. The van der Waals surface area contributed by atoms with Gasteiger partial charge in [0.15, 0.2) is 0 Å². The first kappa shape index (κ1) is 14.6. The van der Waals surface area contributed by atoms with Gasteiger partial charge in [-0.1, -0.05) is 6.92 Å². The van der Waals surface area contributed by atoms with Crippen LogP contribution in [0, 0.1) is 10.1 Å². The highest BCUT2D eigenvalue weighted by atomic mass is 16.6. The summed E-state index contributed by atoms with van der Waals surface area (Å²) in [5, 5.41) is 11.1. The van der Waals surface area contributed by atoms with Gasteiger partial charge in [-0.3, -0.25) is 10.1 Å². The van der Waals surface area contributed by atoms with Crippen molar-refractivity contribution < 1.29 is 9.66 Å². The van der Waals surface area contributed by atoms with E-state index in [0.717, 1.165) is 37.4 Å². The number of nitro benzene ring substituents is 1. The standard InChI is InChI=1S/C14H21N3O3/c1-4-11-12(16-9-7-15(2)8-10-16)5-6-13(17(18)19)14(11)20-3/h5-6H,4,7-10H2,1-3H3. The van der Waals surface area contributed by atoms with Crippen molar-refractivity contribution in [2.75, 3.05) is 45.2 Å². The summed E-state index contributed by atoms with van der Waals surface area (Å²) in [6.07, 6.45) is 0.715. The van der Waals surface area contributed by atoms with Gasteiger partial charge >= 0.3 is 5.69 Å². The van der Waals surface area contributed by atoms with Gasteiger partial charge in [0.05, 0.1) is 12.0 Å². The van der Waals surface area contributed by atoms with Gasteiger partial charge < -0.3 is 14.5 Å². The number of anilines is 1. The highest BCUT2D eigenvalue weighted by Gasteiger charge is 2.24. The Balaban J connectivity index is 2.41. The molecule has 2 rings (SSSR count). The second-order valence-electron chi connectivity index (χ2n) is 5.02. The van der Waals surface area contributed by atoms with Gasteiger partial charge in [-0.2, -0.15) is 0 Å². The van der Waals surface area contributed by atoms with E-state index >= 15 is 0 Å². The lowest BCUT2D eigenvalue weighted by atomic mass is 10.1. The summed E-state index contributed by atoms with van der Waals surface area (Å²) in [7, 11) is 3.60. The molecule has 0 amide bonds. The number of hydrogen-bond donors (Lipinski definition) is 0.